The van der Waals surface area contributed by atoms with Gasteiger partial charge < -0.3 is 15.8 Å². The number of rotatable bonds is 5. The van der Waals surface area contributed by atoms with Crippen LogP contribution in [0.3, 0.4) is 0 Å². The van der Waals surface area contributed by atoms with Gasteiger partial charge in [0.2, 0.25) is 5.91 Å². The van der Waals surface area contributed by atoms with Crippen molar-refractivity contribution < 1.29 is 10.0 Å². The smallest absolute Gasteiger partial charge is 0.228 e. The van der Waals surface area contributed by atoms with Crippen LogP contribution < -0.4 is 5.73 Å². The summed E-state index contributed by atoms with van der Waals surface area (Å²) in [6.07, 6.45) is 4.21. The lowest BCUT2D eigenvalue weighted by Gasteiger charge is -2.32. The predicted molar refractivity (Wildman–Crippen MR) is 71.4 cm³/mol. The summed E-state index contributed by atoms with van der Waals surface area (Å²) in [5, 5.41) is 11.7. The first kappa shape index (κ1) is 14.8. The van der Waals surface area contributed by atoms with Crippen molar-refractivity contribution in [1.82, 2.24) is 4.90 Å². The van der Waals surface area contributed by atoms with Gasteiger partial charge in [-0.15, -0.1) is 0 Å². The number of amidine groups is 1. The van der Waals surface area contributed by atoms with Crippen LogP contribution in [0.25, 0.3) is 0 Å². The van der Waals surface area contributed by atoms with Crippen LogP contribution in [0.5, 0.6) is 0 Å². The third kappa shape index (κ3) is 3.15. The van der Waals surface area contributed by atoms with Crippen molar-refractivity contribution in [3.63, 3.8) is 0 Å². The summed E-state index contributed by atoms with van der Waals surface area (Å²) in [7, 11) is 0. The van der Waals surface area contributed by atoms with E-state index in [1.807, 2.05) is 18.7 Å². The molecular weight excluding hydrogens is 230 g/mol. The second-order valence-electron chi connectivity index (χ2n) is 5.54. The second kappa shape index (κ2) is 6.07. The highest BCUT2D eigenvalue weighted by Gasteiger charge is 2.39. The number of hydrogen-bond donors (Lipinski definition) is 2. The molecule has 1 aliphatic carbocycles. The van der Waals surface area contributed by atoms with Crippen molar-refractivity contribution in [3.8, 4) is 0 Å². The van der Waals surface area contributed by atoms with E-state index in [0.29, 0.717) is 13.1 Å². The SMILES string of the molecule is CCN(CC(C)C(N)=NO)C(=O)C1(C)CCCC1. The van der Waals surface area contributed by atoms with Crippen LogP contribution in [-0.4, -0.2) is 34.9 Å². The highest BCUT2D eigenvalue weighted by Crippen LogP contribution is 2.39. The maximum Gasteiger partial charge on any atom is 0.228 e. The highest BCUT2D eigenvalue weighted by molar-refractivity contribution is 5.85. The molecule has 0 heterocycles. The molecule has 104 valence electrons. The van der Waals surface area contributed by atoms with E-state index in [0.717, 1.165) is 25.7 Å². The highest BCUT2D eigenvalue weighted by atomic mass is 16.4. The van der Waals surface area contributed by atoms with Crippen molar-refractivity contribution in [2.45, 2.75) is 46.5 Å². The Kier molecular flexibility index (Phi) is 4.99. The minimum atomic E-state index is -0.207. The fourth-order valence-corrected chi connectivity index (χ4v) is 2.63. The molecule has 5 nitrogen and oxygen atoms in total. The van der Waals surface area contributed by atoms with Crippen LogP contribution in [-0.2, 0) is 4.79 Å². The number of nitrogens with zero attached hydrogens (tertiary/aromatic N) is 2. The molecule has 18 heavy (non-hydrogen) atoms. The Balaban J connectivity index is 2.68. The van der Waals surface area contributed by atoms with Gasteiger partial charge in [-0.25, -0.2) is 0 Å². The topological polar surface area (TPSA) is 78.9 Å². The summed E-state index contributed by atoms with van der Waals surface area (Å²) in [4.78, 5) is 14.4. The van der Waals surface area contributed by atoms with Gasteiger partial charge in [0.25, 0.3) is 0 Å². The maximum absolute atomic E-state index is 12.5. The lowest BCUT2D eigenvalue weighted by atomic mass is 9.87. The Labute approximate surface area is 109 Å². The molecule has 0 aromatic heterocycles. The van der Waals surface area contributed by atoms with Gasteiger partial charge in [-0.05, 0) is 19.8 Å². The molecule has 1 amide bonds. The standard InChI is InChI=1S/C13H25N3O2/c1-4-16(9-10(2)11(14)15-18)12(17)13(3)7-5-6-8-13/h10,18H,4-9H2,1-3H3,(H2,14,15). The quantitative estimate of drug-likeness (QED) is 0.340. The normalized spacial score (nSPS) is 20.7. The number of carbonyl (C=O) groups excluding carboxylic acids is 1. The Morgan fingerprint density at radius 3 is 2.50 bits per heavy atom. The molecule has 1 fully saturated rings. The summed E-state index contributed by atoms with van der Waals surface area (Å²) >= 11 is 0. The molecule has 0 aromatic carbocycles. The monoisotopic (exact) mass is 255 g/mol. The van der Waals surface area contributed by atoms with Gasteiger partial charge in [-0.2, -0.15) is 0 Å². The molecule has 0 radical (unpaired) electrons. The summed E-state index contributed by atoms with van der Waals surface area (Å²) in [6, 6.07) is 0. The van der Waals surface area contributed by atoms with Crippen molar-refractivity contribution in [2.24, 2.45) is 22.2 Å². The van der Waals surface area contributed by atoms with Crippen LogP contribution >= 0.6 is 0 Å². The fourth-order valence-electron chi connectivity index (χ4n) is 2.63. The third-order valence-electron chi connectivity index (χ3n) is 4.01. The number of oxime groups is 1. The van der Waals surface area contributed by atoms with Crippen molar-refractivity contribution in [3.05, 3.63) is 0 Å². The molecule has 5 heteroatoms. The molecule has 0 saturated heterocycles. The average molecular weight is 255 g/mol. The Hall–Kier alpha value is -1.26. The van der Waals surface area contributed by atoms with E-state index in [1.54, 1.807) is 0 Å². The fraction of sp³-hybridized carbons (Fsp3) is 0.846. The summed E-state index contributed by atoms with van der Waals surface area (Å²) < 4.78 is 0. The minimum absolute atomic E-state index is 0.121. The maximum atomic E-state index is 12.5. The Morgan fingerprint density at radius 2 is 2.06 bits per heavy atom. The van der Waals surface area contributed by atoms with E-state index in [2.05, 4.69) is 12.1 Å². The van der Waals surface area contributed by atoms with Gasteiger partial charge in [-0.1, -0.05) is 31.8 Å². The van der Waals surface area contributed by atoms with Crippen LogP contribution in [0.1, 0.15) is 46.5 Å². The molecule has 0 spiro atoms. The number of hydrogen-bond acceptors (Lipinski definition) is 3. The zero-order chi connectivity index (χ0) is 13.8. The molecular formula is C13H25N3O2. The van der Waals surface area contributed by atoms with Crippen molar-refractivity contribution >= 4 is 11.7 Å². The Morgan fingerprint density at radius 1 is 1.50 bits per heavy atom. The van der Waals surface area contributed by atoms with E-state index in [-0.39, 0.29) is 23.1 Å². The molecule has 1 rings (SSSR count). The second-order valence-corrected chi connectivity index (χ2v) is 5.54. The van der Waals surface area contributed by atoms with Gasteiger partial charge in [0.05, 0.1) is 0 Å². The molecule has 1 unspecified atom stereocenters. The van der Waals surface area contributed by atoms with Gasteiger partial charge in [0.1, 0.15) is 5.84 Å². The lowest BCUT2D eigenvalue weighted by Crippen LogP contribution is -2.45. The van der Waals surface area contributed by atoms with E-state index in [4.69, 9.17) is 10.9 Å². The van der Waals surface area contributed by atoms with Crippen LogP contribution in [0.4, 0.5) is 0 Å². The molecule has 0 bridgehead atoms. The first-order chi connectivity index (χ1) is 8.44. The lowest BCUT2D eigenvalue weighted by molar-refractivity contribution is -0.141. The minimum Gasteiger partial charge on any atom is -0.409 e. The van der Waals surface area contributed by atoms with Crippen molar-refractivity contribution in [1.29, 1.82) is 0 Å². The summed E-state index contributed by atoms with van der Waals surface area (Å²) in [6.45, 7) is 7.06. The molecule has 3 N–H and O–H groups in total. The van der Waals surface area contributed by atoms with E-state index < -0.39 is 0 Å². The first-order valence-electron chi connectivity index (χ1n) is 6.71. The van der Waals surface area contributed by atoms with Gasteiger partial charge >= 0.3 is 0 Å². The average Bonchev–Trinajstić information content (AvgIpc) is 2.81. The molecule has 1 atom stereocenters. The van der Waals surface area contributed by atoms with Gasteiger partial charge in [0, 0.05) is 24.4 Å². The number of carbonyl (C=O) groups is 1. The van der Waals surface area contributed by atoms with Crippen LogP contribution in [0.15, 0.2) is 5.16 Å². The summed E-state index contributed by atoms with van der Waals surface area (Å²) in [5.74, 6) is 0.266. The Bertz CT molecular complexity index is 322. The number of amides is 1. The molecule has 1 aliphatic rings. The van der Waals surface area contributed by atoms with Crippen LogP contribution in [0.2, 0.25) is 0 Å². The predicted octanol–water partition coefficient (Wildman–Crippen LogP) is 1.80. The third-order valence-corrected chi connectivity index (χ3v) is 4.01. The van der Waals surface area contributed by atoms with Gasteiger partial charge in [-0.3, -0.25) is 4.79 Å². The van der Waals surface area contributed by atoms with E-state index in [9.17, 15) is 4.79 Å². The zero-order valence-electron chi connectivity index (χ0n) is 11.6. The largest absolute Gasteiger partial charge is 0.409 e. The molecule has 0 aliphatic heterocycles. The van der Waals surface area contributed by atoms with Gasteiger partial charge in [0.15, 0.2) is 0 Å². The first-order valence-corrected chi connectivity index (χ1v) is 6.71. The van der Waals surface area contributed by atoms with E-state index >= 15 is 0 Å². The number of nitrogens with two attached hydrogens (primary N) is 1. The van der Waals surface area contributed by atoms with Crippen LogP contribution in [0, 0.1) is 11.3 Å². The van der Waals surface area contributed by atoms with Crippen molar-refractivity contribution in [2.75, 3.05) is 13.1 Å². The summed E-state index contributed by atoms with van der Waals surface area (Å²) in [5.41, 5.74) is 5.36. The molecule has 0 aromatic rings. The molecule has 1 saturated carbocycles. The zero-order valence-corrected chi connectivity index (χ0v) is 11.6. The van der Waals surface area contributed by atoms with E-state index in [1.165, 1.54) is 0 Å².